The topological polar surface area (TPSA) is 61.4 Å². The molecule has 1 N–H and O–H groups in total. The first-order valence-electron chi connectivity index (χ1n) is 8.09. The molecule has 0 aromatic carbocycles. The van der Waals surface area contributed by atoms with Crippen molar-refractivity contribution >= 4 is 11.9 Å². The van der Waals surface area contributed by atoms with E-state index in [1.807, 2.05) is 9.80 Å². The summed E-state index contributed by atoms with van der Waals surface area (Å²) in [4.78, 5) is 23.7. The van der Waals surface area contributed by atoms with Crippen LogP contribution in [-0.2, 0) is 11.0 Å². The van der Waals surface area contributed by atoms with Gasteiger partial charge in [-0.05, 0) is 19.4 Å². The fourth-order valence-electron chi connectivity index (χ4n) is 3.08. The minimum absolute atomic E-state index is 0.0348. The van der Waals surface area contributed by atoms with Crippen molar-refractivity contribution in [3.63, 3.8) is 0 Å². The van der Waals surface area contributed by atoms with E-state index in [9.17, 15) is 18.0 Å². The lowest BCUT2D eigenvalue weighted by atomic mass is 9.98. The highest BCUT2D eigenvalue weighted by molar-refractivity contribution is 5.79. The van der Waals surface area contributed by atoms with Crippen LogP contribution in [0.3, 0.4) is 0 Å². The van der Waals surface area contributed by atoms with Crippen LogP contribution < -0.4 is 10.2 Å². The van der Waals surface area contributed by atoms with Gasteiger partial charge in [0.15, 0.2) is 0 Å². The Balaban J connectivity index is 1.55. The summed E-state index contributed by atoms with van der Waals surface area (Å²) >= 11 is 0. The van der Waals surface area contributed by atoms with Crippen molar-refractivity contribution in [2.75, 3.05) is 44.2 Å². The van der Waals surface area contributed by atoms with E-state index >= 15 is 0 Å². The number of carbonyl (C=O) groups is 1. The van der Waals surface area contributed by atoms with Gasteiger partial charge in [0.1, 0.15) is 0 Å². The maximum absolute atomic E-state index is 12.5. The molecule has 0 bridgehead atoms. The number of alkyl halides is 3. The molecule has 24 heavy (non-hydrogen) atoms. The average Bonchev–Trinajstić information content (AvgIpc) is 2.61. The van der Waals surface area contributed by atoms with Gasteiger partial charge in [0.05, 0.1) is 11.5 Å². The fraction of sp³-hybridized carbons (Fsp3) is 0.667. The molecule has 132 valence electrons. The molecule has 1 atom stereocenters. The molecule has 1 aromatic heterocycles. The Labute approximate surface area is 138 Å². The molecule has 2 aliphatic rings. The zero-order valence-corrected chi connectivity index (χ0v) is 13.2. The molecule has 3 heterocycles. The zero-order valence-electron chi connectivity index (χ0n) is 13.2. The molecule has 6 nitrogen and oxygen atoms in total. The van der Waals surface area contributed by atoms with Gasteiger partial charge < -0.3 is 15.1 Å². The molecule has 3 rings (SSSR count). The number of hydrogen-bond donors (Lipinski definition) is 1. The first-order valence-corrected chi connectivity index (χ1v) is 8.09. The smallest absolute Gasteiger partial charge is 0.339 e. The Morgan fingerprint density at radius 2 is 1.83 bits per heavy atom. The van der Waals surface area contributed by atoms with Crippen molar-refractivity contribution in [1.29, 1.82) is 0 Å². The fourth-order valence-corrected chi connectivity index (χ4v) is 3.08. The van der Waals surface area contributed by atoms with Crippen molar-refractivity contribution in [1.82, 2.24) is 20.2 Å². The molecular weight excluding hydrogens is 323 g/mol. The van der Waals surface area contributed by atoms with Crippen LogP contribution >= 0.6 is 0 Å². The van der Waals surface area contributed by atoms with Crippen LogP contribution in [0.2, 0.25) is 0 Å². The van der Waals surface area contributed by atoms with Crippen LogP contribution in [0.1, 0.15) is 18.4 Å². The number of carbonyl (C=O) groups excluding carboxylic acids is 1. The minimum atomic E-state index is -4.43. The van der Waals surface area contributed by atoms with Crippen molar-refractivity contribution in [3.8, 4) is 0 Å². The summed E-state index contributed by atoms with van der Waals surface area (Å²) < 4.78 is 37.6. The molecule has 1 amide bonds. The van der Waals surface area contributed by atoms with Crippen LogP contribution in [0.4, 0.5) is 19.1 Å². The van der Waals surface area contributed by atoms with Crippen LogP contribution in [0, 0.1) is 5.92 Å². The molecule has 2 saturated heterocycles. The van der Waals surface area contributed by atoms with Crippen molar-refractivity contribution in [2.24, 2.45) is 5.92 Å². The number of rotatable bonds is 2. The maximum atomic E-state index is 12.5. The number of nitrogens with zero attached hydrogens (tertiary/aromatic N) is 4. The van der Waals surface area contributed by atoms with Crippen molar-refractivity contribution < 1.29 is 18.0 Å². The third-order valence-electron chi connectivity index (χ3n) is 4.49. The highest BCUT2D eigenvalue weighted by Crippen LogP contribution is 2.28. The van der Waals surface area contributed by atoms with E-state index in [0.717, 1.165) is 38.3 Å². The second-order valence-electron chi connectivity index (χ2n) is 6.13. The van der Waals surface area contributed by atoms with Gasteiger partial charge in [0, 0.05) is 45.1 Å². The number of aromatic nitrogens is 2. The van der Waals surface area contributed by atoms with Crippen LogP contribution in [0.15, 0.2) is 12.4 Å². The summed E-state index contributed by atoms with van der Waals surface area (Å²) in [5, 5.41) is 3.24. The normalized spacial score (nSPS) is 22.5. The zero-order chi connectivity index (χ0) is 17.2. The number of hydrogen-bond acceptors (Lipinski definition) is 5. The van der Waals surface area contributed by atoms with Crippen LogP contribution in [0.5, 0.6) is 0 Å². The minimum Gasteiger partial charge on any atom is -0.339 e. The van der Waals surface area contributed by atoms with Gasteiger partial charge in [-0.2, -0.15) is 13.2 Å². The number of amides is 1. The van der Waals surface area contributed by atoms with E-state index in [1.54, 1.807) is 0 Å². The van der Waals surface area contributed by atoms with Crippen molar-refractivity contribution in [2.45, 2.75) is 19.0 Å². The first kappa shape index (κ1) is 16.9. The summed E-state index contributed by atoms with van der Waals surface area (Å²) in [6, 6.07) is 0. The molecule has 0 aliphatic carbocycles. The standard InChI is InChI=1S/C15H20F3N5O/c16-15(17,18)12-9-20-14(21-10-12)23-6-4-22(5-7-23)13(24)11-2-1-3-19-8-11/h9-11,19H,1-8H2. The van der Waals surface area contributed by atoms with E-state index in [1.165, 1.54) is 0 Å². The maximum Gasteiger partial charge on any atom is 0.419 e. The van der Waals surface area contributed by atoms with Gasteiger partial charge in [-0.1, -0.05) is 0 Å². The first-order chi connectivity index (χ1) is 11.4. The molecule has 0 saturated carbocycles. The van der Waals surface area contributed by atoms with Gasteiger partial charge in [-0.3, -0.25) is 4.79 Å². The summed E-state index contributed by atoms with van der Waals surface area (Å²) in [5.74, 6) is 0.470. The predicted molar refractivity (Wildman–Crippen MR) is 81.4 cm³/mol. The molecular formula is C15H20F3N5O. The second-order valence-corrected chi connectivity index (χ2v) is 6.13. The van der Waals surface area contributed by atoms with E-state index < -0.39 is 11.7 Å². The molecule has 1 aromatic rings. The molecule has 0 spiro atoms. The van der Waals surface area contributed by atoms with Crippen LogP contribution in [-0.4, -0.2) is 60.0 Å². The van der Waals surface area contributed by atoms with Gasteiger partial charge in [-0.25, -0.2) is 9.97 Å². The molecule has 2 fully saturated rings. The summed E-state index contributed by atoms with van der Waals surface area (Å²) in [6.45, 7) is 3.82. The Kier molecular flexibility index (Phi) is 4.88. The lowest BCUT2D eigenvalue weighted by Crippen LogP contribution is -2.52. The quantitative estimate of drug-likeness (QED) is 0.873. The Hall–Kier alpha value is -1.90. The lowest BCUT2D eigenvalue weighted by Gasteiger charge is -2.37. The van der Waals surface area contributed by atoms with E-state index in [-0.39, 0.29) is 17.8 Å². The SMILES string of the molecule is O=C(C1CCCNC1)N1CCN(c2ncc(C(F)(F)F)cn2)CC1. The third-order valence-corrected chi connectivity index (χ3v) is 4.49. The van der Waals surface area contributed by atoms with Crippen molar-refractivity contribution in [3.05, 3.63) is 18.0 Å². The van der Waals surface area contributed by atoms with E-state index in [0.29, 0.717) is 26.2 Å². The molecule has 0 radical (unpaired) electrons. The summed E-state index contributed by atoms with van der Waals surface area (Å²) in [5.41, 5.74) is -0.857. The Morgan fingerprint density at radius 1 is 1.17 bits per heavy atom. The van der Waals surface area contributed by atoms with Gasteiger partial charge in [-0.15, -0.1) is 0 Å². The molecule has 2 aliphatic heterocycles. The summed E-state index contributed by atoms with van der Waals surface area (Å²) in [7, 11) is 0. The van der Waals surface area contributed by atoms with Crippen LogP contribution in [0.25, 0.3) is 0 Å². The Morgan fingerprint density at radius 3 is 2.38 bits per heavy atom. The number of nitrogens with one attached hydrogen (secondary N) is 1. The molecule has 1 unspecified atom stereocenters. The number of halogens is 3. The van der Waals surface area contributed by atoms with Gasteiger partial charge in [0.2, 0.25) is 11.9 Å². The highest BCUT2D eigenvalue weighted by atomic mass is 19.4. The number of piperazine rings is 1. The lowest BCUT2D eigenvalue weighted by molar-refractivity contribution is -0.138. The monoisotopic (exact) mass is 343 g/mol. The summed E-state index contributed by atoms with van der Waals surface area (Å²) in [6.07, 6.45) is -0.914. The van der Waals surface area contributed by atoms with E-state index in [2.05, 4.69) is 15.3 Å². The highest BCUT2D eigenvalue weighted by Gasteiger charge is 2.32. The predicted octanol–water partition coefficient (Wildman–Crippen LogP) is 1.14. The average molecular weight is 343 g/mol. The Bertz CT molecular complexity index is 563. The third kappa shape index (κ3) is 3.77. The number of piperidine rings is 1. The molecule has 9 heteroatoms. The second kappa shape index (κ2) is 6.92. The van der Waals surface area contributed by atoms with Gasteiger partial charge >= 0.3 is 6.18 Å². The largest absolute Gasteiger partial charge is 0.419 e. The number of anilines is 1. The van der Waals surface area contributed by atoms with E-state index in [4.69, 9.17) is 0 Å². The van der Waals surface area contributed by atoms with Gasteiger partial charge in [0.25, 0.3) is 0 Å².